The first-order valence-corrected chi connectivity index (χ1v) is 28.6. The topological polar surface area (TPSA) is 274 Å². The summed E-state index contributed by atoms with van der Waals surface area (Å²) in [6.07, 6.45) is 17.2. The van der Waals surface area contributed by atoms with Crippen LogP contribution in [0.15, 0.2) is 82.2 Å². The standard InChI is InChI=1S/C29H29FN6O3.C22H16FN5O3.C8H14O.C2H2O4/c30-19-12-21(20-1-4-31-23(20)13-19)26-33-24-22-11-18(15-35-5-2-29(3-6-35)16-38-17-29)14-32-28(22)39-25(24)27(34-26)36-7-9-37-10-8-36;23-13-8-15(14-1-2-24-17(14)9-13)20-26-18-16-7-12(11-29)10-25-22(16)31-19(18)21(27-20)28-3-5-30-6-4-28;1-2-4-8(5-3-1)6-9-7-8;3-1(4)2(5)6/h1,4,11-14,31H,2-3,5-10,15-17H2;1-2,7-11,24H,3-6H2;1-7H2;(H,3,4)(H,5,6). The summed E-state index contributed by atoms with van der Waals surface area (Å²) in [5.74, 6) is -2.25. The number of anilines is 2. The number of carbonyl (C=O) groups excluding carboxylic acids is 1. The van der Waals surface area contributed by atoms with Crippen LogP contribution >= 0.6 is 0 Å². The minimum atomic E-state index is -1.82. The number of nitrogens with zero attached hydrogens (tertiary/aromatic N) is 9. The summed E-state index contributed by atoms with van der Waals surface area (Å²) in [6.45, 7) is 11.9. The van der Waals surface area contributed by atoms with Gasteiger partial charge in [0, 0.05) is 107 Å². The molecule has 6 aliphatic rings. The molecule has 24 heteroatoms. The number of halogens is 2. The van der Waals surface area contributed by atoms with Gasteiger partial charge in [-0.3, -0.25) is 9.69 Å². The van der Waals surface area contributed by atoms with Gasteiger partial charge in [-0.15, -0.1) is 0 Å². The van der Waals surface area contributed by atoms with Gasteiger partial charge in [0.25, 0.3) is 0 Å². The van der Waals surface area contributed by atoms with Gasteiger partial charge in [0.05, 0.1) is 63.6 Å². The van der Waals surface area contributed by atoms with E-state index < -0.39 is 11.9 Å². The number of rotatable bonds is 7. The van der Waals surface area contributed by atoms with Crippen LogP contribution < -0.4 is 9.80 Å². The number of ether oxygens (including phenoxy) is 4. The maximum absolute atomic E-state index is 14.6. The molecule has 8 aromatic heterocycles. The van der Waals surface area contributed by atoms with Gasteiger partial charge < -0.3 is 57.8 Å². The largest absolute Gasteiger partial charge is 0.473 e. The fourth-order valence-electron chi connectivity index (χ4n) is 12.2. The zero-order valence-electron chi connectivity index (χ0n) is 46.4. The van der Waals surface area contributed by atoms with E-state index in [-0.39, 0.29) is 11.6 Å². The highest BCUT2D eigenvalue weighted by Gasteiger charge is 2.41. The molecular weight excluding hydrogens is 1100 g/mol. The zero-order chi connectivity index (χ0) is 58.2. The van der Waals surface area contributed by atoms with Crippen molar-refractivity contribution in [2.45, 2.75) is 51.5 Å². The number of carboxylic acid groups (broad SMARTS) is 2. The monoisotopic (exact) mass is 1160 g/mol. The van der Waals surface area contributed by atoms with Crippen LogP contribution in [-0.2, 0) is 35.1 Å². The highest BCUT2D eigenvalue weighted by Crippen LogP contribution is 2.43. The molecule has 13 heterocycles. The number of aliphatic carboxylic acids is 2. The number of hydrogen-bond acceptors (Lipinski definition) is 18. The Hall–Kier alpha value is -8.55. The number of hydrogen-bond donors (Lipinski definition) is 4. The van der Waals surface area contributed by atoms with Crippen molar-refractivity contribution in [1.29, 1.82) is 0 Å². The van der Waals surface area contributed by atoms with Crippen molar-refractivity contribution >= 4 is 96.1 Å². The molecule has 2 aromatic carbocycles. The van der Waals surface area contributed by atoms with Crippen molar-refractivity contribution in [2.24, 2.45) is 10.8 Å². The number of furan rings is 2. The van der Waals surface area contributed by atoms with E-state index in [1.165, 1.54) is 75.4 Å². The number of morpholine rings is 2. The fraction of sp³-hybridized carbons (Fsp3) is 0.393. The summed E-state index contributed by atoms with van der Waals surface area (Å²) < 4.78 is 63.1. The number of H-pyrrole nitrogens is 2. The summed E-state index contributed by atoms with van der Waals surface area (Å²) in [7, 11) is 0. The third-order valence-corrected chi connectivity index (χ3v) is 16.9. The summed E-state index contributed by atoms with van der Waals surface area (Å²) >= 11 is 0. The molecule has 85 heavy (non-hydrogen) atoms. The molecule has 0 bridgehead atoms. The Balaban J connectivity index is 0.000000129. The van der Waals surface area contributed by atoms with E-state index in [9.17, 15) is 13.6 Å². The van der Waals surface area contributed by atoms with Crippen LogP contribution in [0.3, 0.4) is 0 Å². The first-order chi connectivity index (χ1) is 41.4. The number of aromatic nitrogens is 8. The molecule has 0 amide bonds. The summed E-state index contributed by atoms with van der Waals surface area (Å²) in [6, 6.07) is 13.5. The lowest BCUT2D eigenvalue weighted by Gasteiger charge is -2.47. The lowest BCUT2D eigenvalue weighted by molar-refractivity contribution is -0.159. The third-order valence-electron chi connectivity index (χ3n) is 16.9. The number of piperidine rings is 1. The first-order valence-electron chi connectivity index (χ1n) is 28.6. The average Bonchev–Trinajstić information content (AvgIpc) is 2.40. The van der Waals surface area contributed by atoms with Crippen molar-refractivity contribution in [1.82, 2.24) is 44.8 Å². The molecule has 0 unspecified atom stereocenters. The number of aldehydes is 1. The second-order valence-corrected chi connectivity index (χ2v) is 22.7. The molecule has 1 saturated carbocycles. The van der Waals surface area contributed by atoms with Gasteiger partial charge in [-0.25, -0.2) is 48.3 Å². The minimum absolute atomic E-state index is 0.339. The van der Waals surface area contributed by atoms with Gasteiger partial charge in [0.15, 0.2) is 40.7 Å². The number of carboxylic acids is 2. The summed E-state index contributed by atoms with van der Waals surface area (Å²) in [4.78, 5) is 70.7. The molecule has 5 saturated heterocycles. The van der Waals surface area contributed by atoms with Crippen LogP contribution in [0.1, 0.15) is 60.9 Å². The molecule has 5 aliphatic heterocycles. The Morgan fingerprint density at radius 2 is 1.06 bits per heavy atom. The van der Waals surface area contributed by atoms with E-state index in [0.29, 0.717) is 153 Å². The summed E-state index contributed by atoms with van der Waals surface area (Å²) in [5.41, 5.74) is 8.43. The van der Waals surface area contributed by atoms with E-state index in [4.69, 9.17) is 72.5 Å². The van der Waals surface area contributed by atoms with E-state index in [1.54, 1.807) is 18.5 Å². The maximum atomic E-state index is 14.6. The van der Waals surface area contributed by atoms with Crippen LogP contribution in [0, 0.1) is 22.5 Å². The average molecular weight is 1160 g/mol. The van der Waals surface area contributed by atoms with E-state index in [0.717, 1.165) is 74.1 Å². The number of fused-ring (bicyclic) bond motifs is 8. The molecule has 6 fully saturated rings. The molecule has 10 aromatic rings. The van der Waals surface area contributed by atoms with Gasteiger partial charge in [-0.1, -0.05) is 19.3 Å². The molecule has 16 rings (SSSR count). The Kier molecular flexibility index (Phi) is 15.4. The molecular formula is C61H61F2N11O11. The normalized spacial score (nSPS) is 18.4. The fourth-order valence-corrected chi connectivity index (χ4v) is 12.2. The zero-order valence-corrected chi connectivity index (χ0v) is 46.4. The predicted molar refractivity (Wildman–Crippen MR) is 310 cm³/mol. The lowest BCUT2D eigenvalue weighted by atomic mass is 9.73. The quantitative estimate of drug-likeness (QED) is 0.0854. The van der Waals surface area contributed by atoms with Crippen LogP contribution in [0.2, 0.25) is 0 Å². The van der Waals surface area contributed by atoms with Crippen LogP contribution in [0.4, 0.5) is 20.4 Å². The smallest absolute Gasteiger partial charge is 0.414 e. The maximum Gasteiger partial charge on any atom is 0.414 e. The SMILES string of the molecule is C1CCC2(CC1)COC2.Fc1cc(-c2nc(N3CCOCC3)c3oc4ncc(CN5CCC6(CC5)COC6)cc4c3n2)c2cc[nH]c2c1.O=C(O)C(=O)O.O=Cc1cnc2oc3c(N4CCOCC4)nc(-c4cc(F)cc5[nH]ccc45)nc3c2c1. The third kappa shape index (κ3) is 11.3. The second kappa shape index (κ2) is 23.5. The lowest BCUT2D eigenvalue weighted by Crippen LogP contribution is -2.50. The number of likely N-dealkylation sites (tertiary alicyclic amines) is 1. The molecule has 0 atom stereocenters. The van der Waals surface area contributed by atoms with E-state index in [2.05, 4.69) is 35.7 Å². The summed E-state index contributed by atoms with van der Waals surface area (Å²) in [5, 5.41) is 17.9. The van der Waals surface area contributed by atoms with E-state index in [1.807, 2.05) is 18.3 Å². The van der Waals surface area contributed by atoms with Gasteiger partial charge >= 0.3 is 11.9 Å². The minimum Gasteiger partial charge on any atom is -0.473 e. The highest BCUT2D eigenvalue weighted by atomic mass is 19.1. The Bertz CT molecular complexity index is 4110. The van der Waals surface area contributed by atoms with Crippen molar-refractivity contribution < 1.29 is 61.2 Å². The number of nitrogens with one attached hydrogen (secondary N) is 2. The highest BCUT2D eigenvalue weighted by molar-refractivity contribution is 6.27. The van der Waals surface area contributed by atoms with Gasteiger partial charge in [0.2, 0.25) is 11.4 Å². The number of aromatic amines is 2. The van der Waals surface area contributed by atoms with Crippen molar-refractivity contribution in [3.8, 4) is 22.8 Å². The van der Waals surface area contributed by atoms with Crippen LogP contribution in [0.25, 0.3) is 89.0 Å². The Morgan fingerprint density at radius 1 is 0.576 bits per heavy atom. The van der Waals surface area contributed by atoms with Gasteiger partial charge in [0.1, 0.15) is 22.7 Å². The van der Waals surface area contributed by atoms with Crippen molar-refractivity contribution in [2.75, 3.05) is 102 Å². The number of benzene rings is 2. The van der Waals surface area contributed by atoms with Crippen LogP contribution in [-0.4, -0.2) is 165 Å². The Labute approximate surface area is 483 Å². The first kappa shape index (κ1) is 55.6. The van der Waals surface area contributed by atoms with E-state index >= 15 is 0 Å². The predicted octanol–water partition coefficient (Wildman–Crippen LogP) is 9.34. The number of carbonyl (C=O) groups is 3. The molecule has 22 nitrogen and oxygen atoms in total. The number of pyridine rings is 2. The van der Waals surface area contributed by atoms with Crippen molar-refractivity contribution in [3.63, 3.8) is 0 Å². The molecule has 0 radical (unpaired) electrons. The molecule has 2 spiro atoms. The second-order valence-electron chi connectivity index (χ2n) is 22.7. The van der Waals surface area contributed by atoms with Gasteiger partial charge in [-0.05, 0) is 92.9 Å². The molecule has 440 valence electrons. The molecule has 1 aliphatic carbocycles. The van der Waals surface area contributed by atoms with Crippen molar-refractivity contribution in [3.05, 3.63) is 96.1 Å². The van der Waals surface area contributed by atoms with Crippen LogP contribution in [0.5, 0.6) is 0 Å². The Morgan fingerprint density at radius 3 is 1.52 bits per heavy atom. The molecule has 4 N–H and O–H groups in total. The van der Waals surface area contributed by atoms with Gasteiger partial charge in [-0.2, -0.15) is 0 Å².